The van der Waals surface area contributed by atoms with E-state index in [1.165, 1.54) is 0 Å². The maximum Gasteiger partial charge on any atom is 0.325 e. The summed E-state index contributed by atoms with van der Waals surface area (Å²) < 4.78 is 0. The van der Waals surface area contributed by atoms with E-state index in [1.54, 1.807) is 0 Å². The Morgan fingerprint density at radius 3 is 1.68 bits per heavy atom. The van der Waals surface area contributed by atoms with Gasteiger partial charge in [-0.05, 0) is 17.5 Å². The van der Waals surface area contributed by atoms with Crippen LogP contribution in [0.4, 0.5) is 0 Å². The van der Waals surface area contributed by atoms with Gasteiger partial charge >= 0.3 is 5.97 Å². The molecule has 1 aliphatic rings. The number of carboxylic acids is 1. The van der Waals surface area contributed by atoms with Crippen LogP contribution in [0, 0.1) is 0 Å². The van der Waals surface area contributed by atoms with Crippen molar-refractivity contribution in [2.45, 2.75) is 17.4 Å². The smallest absolute Gasteiger partial charge is 0.325 e. The molecule has 96 valence electrons. The molecule has 0 aromatic heterocycles. The maximum absolute atomic E-state index is 11.5. The molecular weight excluding hydrogens is 238 g/mol. The zero-order chi connectivity index (χ0) is 13.5. The number of carboxylic acid groups (broad SMARTS) is 1. The summed E-state index contributed by atoms with van der Waals surface area (Å²) in [7, 11) is 0. The Morgan fingerprint density at radius 1 is 0.947 bits per heavy atom. The second kappa shape index (κ2) is 3.93. The van der Waals surface area contributed by atoms with E-state index in [9.17, 15) is 9.90 Å². The van der Waals surface area contributed by atoms with Crippen molar-refractivity contribution in [3.8, 4) is 0 Å². The molecule has 3 N–H and O–H groups in total. The molecular formula is C16H15NO2. The van der Waals surface area contributed by atoms with Gasteiger partial charge in [-0.15, -0.1) is 0 Å². The van der Waals surface area contributed by atoms with Gasteiger partial charge in [-0.1, -0.05) is 60.7 Å². The zero-order valence-corrected chi connectivity index (χ0v) is 10.4. The molecule has 0 spiro atoms. The molecule has 1 saturated carbocycles. The van der Waals surface area contributed by atoms with Crippen LogP contribution in [0.15, 0.2) is 60.7 Å². The van der Waals surface area contributed by atoms with Gasteiger partial charge in [0.25, 0.3) is 0 Å². The fourth-order valence-corrected chi connectivity index (χ4v) is 2.96. The summed E-state index contributed by atoms with van der Waals surface area (Å²) in [5.74, 6) is -0.944. The molecule has 0 amide bonds. The Balaban J connectivity index is 2.18. The summed E-state index contributed by atoms with van der Waals surface area (Å²) in [4.78, 5) is 11.5. The first-order valence-electron chi connectivity index (χ1n) is 6.24. The van der Waals surface area contributed by atoms with Crippen LogP contribution < -0.4 is 5.73 Å². The third-order valence-electron chi connectivity index (χ3n) is 4.10. The second-order valence-corrected chi connectivity index (χ2v) is 5.09. The van der Waals surface area contributed by atoms with Crippen LogP contribution in [-0.4, -0.2) is 16.6 Å². The summed E-state index contributed by atoms with van der Waals surface area (Å²) >= 11 is 0. The molecule has 1 atom stereocenters. The highest BCUT2D eigenvalue weighted by Gasteiger charge is 2.71. The number of rotatable bonds is 3. The number of benzene rings is 2. The monoisotopic (exact) mass is 253 g/mol. The standard InChI is InChI=1S/C16H15NO2/c17-16(14(18)19)11-15(16,12-7-3-1-4-8-12)13-9-5-2-6-10-13/h1-10H,11,17H2,(H,18,19)/t16-/m1/s1. The normalized spacial score (nSPS) is 23.8. The van der Waals surface area contributed by atoms with Gasteiger partial charge in [-0.25, -0.2) is 0 Å². The lowest BCUT2D eigenvalue weighted by Crippen LogP contribution is -2.41. The minimum atomic E-state index is -1.21. The van der Waals surface area contributed by atoms with Crippen LogP contribution in [0.2, 0.25) is 0 Å². The van der Waals surface area contributed by atoms with Gasteiger partial charge in [0, 0.05) is 0 Å². The van der Waals surface area contributed by atoms with Crippen molar-refractivity contribution in [1.82, 2.24) is 0 Å². The summed E-state index contributed by atoms with van der Waals surface area (Å²) in [5, 5.41) is 9.45. The number of hydrogen-bond donors (Lipinski definition) is 2. The summed E-state index contributed by atoms with van der Waals surface area (Å²) in [6, 6.07) is 19.3. The summed E-state index contributed by atoms with van der Waals surface area (Å²) in [5.41, 5.74) is 6.24. The van der Waals surface area contributed by atoms with Crippen molar-refractivity contribution < 1.29 is 9.90 Å². The van der Waals surface area contributed by atoms with E-state index in [-0.39, 0.29) is 0 Å². The van der Waals surface area contributed by atoms with Gasteiger partial charge in [0.15, 0.2) is 0 Å². The van der Waals surface area contributed by atoms with Crippen molar-refractivity contribution in [2.24, 2.45) is 5.73 Å². The van der Waals surface area contributed by atoms with Crippen molar-refractivity contribution >= 4 is 5.97 Å². The Hall–Kier alpha value is -2.13. The third kappa shape index (κ3) is 1.52. The predicted molar refractivity (Wildman–Crippen MR) is 72.8 cm³/mol. The fraction of sp³-hybridized carbons (Fsp3) is 0.188. The van der Waals surface area contributed by atoms with Crippen LogP contribution in [0.5, 0.6) is 0 Å². The van der Waals surface area contributed by atoms with Crippen molar-refractivity contribution in [2.75, 3.05) is 0 Å². The molecule has 0 saturated heterocycles. The third-order valence-corrected chi connectivity index (χ3v) is 4.10. The molecule has 2 aromatic carbocycles. The molecule has 1 aliphatic carbocycles. The lowest BCUT2D eigenvalue weighted by Gasteiger charge is -2.21. The van der Waals surface area contributed by atoms with E-state index in [1.807, 2.05) is 60.7 Å². The Morgan fingerprint density at radius 2 is 1.37 bits per heavy atom. The fourth-order valence-electron chi connectivity index (χ4n) is 2.96. The number of hydrogen-bond acceptors (Lipinski definition) is 2. The number of aliphatic carboxylic acids is 1. The SMILES string of the molecule is N[C@@]1(C(=O)O)CC1(c1ccccc1)c1ccccc1. The first-order chi connectivity index (χ1) is 9.11. The van der Waals surface area contributed by atoms with Crippen molar-refractivity contribution in [3.63, 3.8) is 0 Å². The van der Waals surface area contributed by atoms with Crippen LogP contribution in [0.25, 0.3) is 0 Å². The van der Waals surface area contributed by atoms with E-state index in [2.05, 4.69) is 0 Å². The molecule has 1 fully saturated rings. The molecule has 0 aliphatic heterocycles. The van der Waals surface area contributed by atoms with E-state index in [0.717, 1.165) is 11.1 Å². The van der Waals surface area contributed by atoms with Crippen molar-refractivity contribution in [3.05, 3.63) is 71.8 Å². The van der Waals surface area contributed by atoms with Crippen molar-refractivity contribution in [1.29, 1.82) is 0 Å². The van der Waals surface area contributed by atoms with E-state index in [0.29, 0.717) is 6.42 Å². The van der Waals surface area contributed by atoms with E-state index >= 15 is 0 Å². The molecule has 3 rings (SSSR count). The van der Waals surface area contributed by atoms with Crippen LogP contribution in [0.3, 0.4) is 0 Å². The highest BCUT2D eigenvalue weighted by Crippen LogP contribution is 2.60. The second-order valence-electron chi connectivity index (χ2n) is 5.09. The van der Waals surface area contributed by atoms with Crippen LogP contribution >= 0.6 is 0 Å². The average molecular weight is 253 g/mol. The molecule has 2 aromatic rings. The predicted octanol–water partition coefficient (Wildman–Crippen LogP) is 2.16. The number of nitrogens with two attached hydrogens (primary N) is 1. The van der Waals surface area contributed by atoms with Gasteiger partial charge in [-0.3, -0.25) is 4.79 Å². The highest BCUT2D eigenvalue weighted by atomic mass is 16.4. The first-order valence-corrected chi connectivity index (χ1v) is 6.24. The Labute approximate surface area is 111 Å². The first kappa shape index (κ1) is 11.9. The quantitative estimate of drug-likeness (QED) is 0.881. The summed E-state index contributed by atoms with van der Waals surface area (Å²) in [6.07, 6.45) is 0.434. The van der Waals surface area contributed by atoms with Gasteiger partial charge < -0.3 is 10.8 Å². The molecule has 0 unspecified atom stereocenters. The van der Waals surface area contributed by atoms with Gasteiger partial charge in [0.2, 0.25) is 0 Å². The minimum Gasteiger partial charge on any atom is -0.480 e. The molecule has 0 radical (unpaired) electrons. The topological polar surface area (TPSA) is 63.3 Å². The molecule has 3 nitrogen and oxygen atoms in total. The van der Waals surface area contributed by atoms with E-state index in [4.69, 9.17) is 5.73 Å². The molecule has 19 heavy (non-hydrogen) atoms. The van der Waals surface area contributed by atoms with Gasteiger partial charge in [0.05, 0.1) is 5.41 Å². The van der Waals surface area contributed by atoms with Crippen LogP contribution in [0.1, 0.15) is 17.5 Å². The molecule has 3 heteroatoms. The zero-order valence-electron chi connectivity index (χ0n) is 10.4. The minimum absolute atomic E-state index is 0.434. The largest absolute Gasteiger partial charge is 0.480 e. The lowest BCUT2D eigenvalue weighted by atomic mass is 9.84. The van der Waals surface area contributed by atoms with Gasteiger partial charge in [0.1, 0.15) is 5.54 Å². The molecule has 0 bridgehead atoms. The van der Waals surface area contributed by atoms with E-state index < -0.39 is 16.9 Å². The highest BCUT2D eigenvalue weighted by molar-refractivity contribution is 5.89. The summed E-state index contributed by atoms with van der Waals surface area (Å²) in [6.45, 7) is 0. The van der Waals surface area contributed by atoms with Gasteiger partial charge in [-0.2, -0.15) is 0 Å². The Kier molecular flexibility index (Phi) is 2.47. The van der Waals surface area contributed by atoms with Crippen LogP contribution in [-0.2, 0) is 10.2 Å². The Bertz CT molecular complexity index is 570. The average Bonchev–Trinajstić information content (AvgIpc) is 3.10. The lowest BCUT2D eigenvalue weighted by molar-refractivity contribution is -0.140. The molecule has 0 heterocycles. The number of carbonyl (C=O) groups is 1. The maximum atomic E-state index is 11.5.